The van der Waals surface area contributed by atoms with Crippen LogP contribution in [-0.2, 0) is 9.59 Å². The van der Waals surface area contributed by atoms with E-state index in [0.29, 0.717) is 17.8 Å². The zero-order valence-electron chi connectivity index (χ0n) is 10.9. The topological polar surface area (TPSA) is 84.2 Å². The highest BCUT2D eigenvalue weighted by Crippen LogP contribution is 2.20. The second-order valence-electron chi connectivity index (χ2n) is 4.21. The van der Waals surface area contributed by atoms with Crippen LogP contribution in [0, 0.1) is 6.92 Å². The molecular formula is C13H19N3O2. The van der Waals surface area contributed by atoms with E-state index < -0.39 is 6.04 Å². The Morgan fingerprint density at radius 1 is 1.33 bits per heavy atom. The molecule has 18 heavy (non-hydrogen) atoms. The molecule has 5 heteroatoms. The summed E-state index contributed by atoms with van der Waals surface area (Å²) in [6, 6.07) is 4.79. The summed E-state index contributed by atoms with van der Waals surface area (Å²) in [6.07, 6.45) is 0.412. The van der Waals surface area contributed by atoms with E-state index in [1.807, 2.05) is 13.0 Å². The van der Waals surface area contributed by atoms with E-state index in [0.717, 1.165) is 5.56 Å². The molecule has 1 aromatic rings. The van der Waals surface area contributed by atoms with E-state index in [9.17, 15) is 9.59 Å². The first-order valence-electron chi connectivity index (χ1n) is 5.91. The van der Waals surface area contributed by atoms with Crippen LogP contribution in [0.1, 0.15) is 25.8 Å². The lowest BCUT2D eigenvalue weighted by atomic mass is 10.1. The molecule has 1 aromatic carbocycles. The molecule has 5 nitrogen and oxygen atoms in total. The summed E-state index contributed by atoms with van der Waals surface area (Å²) in [5.41, 5.74) is 7.73. The maximum absolute atomic E-state index is 11.5. The van der Waals surface area contributed by atoms with Gasteiger partial charge in [0.15, 0.2) is 0 Å². The van der Waals surface area contributed by atoms with Crippen molar-refractivity contribution >= 4 is 23.2 Å². The van der Waals surface area contributed by atoms with Gasteiger partial charge in [-0.2, -0.15) is 0 Å². The molecule has 0 fully saturated rings. The number of anilines is 2. The Labute approximate surface area is 107 Å². The van der Waals surface area contributed by atoms with Gasteiger partial charge in [-0.05, 0) is 31.5 Å². The van der Waals surface area contributed by atoms with Gasteiger partial charge in [0.2, 0.25) is 11.8 Å². The fourth-order valence-electron chi connectivity index (χ4n) is 1.33. The van der Waals surface area contributed by atoms with E-state index in [4.69, 9.17) is 5.73 Å². The molecule has 0 saturated heterocycles. The summed E-state index contributed by atoms with van der Waals surface area (Å²) in [6.45, 7) is 5.28. The molecule has 0 aliphatic rings. The van der Waals surface area contributed by atoms with Crippen LogP contribution < -0.4 is 16.4 Å². The third-order valence-corrected chi connectivity index (χ3v) is 2.51. The van der Waals surface area contributed by atoms with E-state index in [1.54, 1.807) is 26.0 Å². The molecular weight excluding hydrogens is 230 g/mol. The van der Waals surface area contributed by atoms with Crippen LogP contribution in [0.4, 0.5) is 11.4 Å². The van der Waals surface area contributed by atoms with Gasteiger partial charge in [0, 0.05) is 17.8 Å². The molecule has 0 aromatic heterocycles. The standard InChI is InChI=1S/C13H19N3O2/c1-4-12(17)15-10-6-5-8(2)11(7-10)16-13(18)9(3)14/h5-7,9H,4,14H2,1-3H3,(H,15,17)(H,16,18). The first kappa shape index (κ1) is 14.2. The van der Waals surface area contributed by atoms with Crippen LogP contribution in [0.15, 0.2) is 18.2 Å². The average Bonchev–Trinajstić information content (AvgIpc) is 2.33. The van der Waals surface area contributed by atoms with E-state index in [-0.39, 0.29) is 11.8 Å². The summed E-state index contributed by atoms with van der Waals surface area (Å²) in [5, 5.41) is 5.47. The third-order valence-electron chi connectivity index (χ3n) is 2.51. The lowest BCUT2D eigenvalue weighted by Gasteiger charge is -2.12. The average molecular weight is 249 g/mol. The molecule has 0 spiro atoms. The number of carbonyl (C=O) groups is 2. The number of hydrogen-bond donors (Lipinski definition) is 3. The monoisotopic (exact) mass is 249 g/mol. The van der Waals surface area contributed by atoms with Gasteiger partial charge >= 0.3 is 0 Å². The summed E-state index contributed by atoms with van der Waals surface area (Å²) in [4.78, 5) is 22.8. The zero-order chi connectivity index (χ0) is 13.7. The minimum Gasteiger partial charge on any atom is -0.326 e. The molecule has 0 saturated carbocycles. The summed E-state index contributed by atoms with van der Waals surface area (Å²) >= 11 is 0. The van der Waals surface area contributed by atoms with Crippen molar-refractivity contribution in [2.75, 3.05) is 10.6 Å². The van der Waals surface area contributed by atoms with Crippen molar-refractivity contribution in [3.05, 3.63) is 23.8 Å². The van der Waals surface area contributed by atoms with Gasteiger partial charge in [-0.25, -0.2) is 0 Å². The van der Waals surface area contributed by atoms with Crippen molar-refractivity contribution in [2.45, 2.75) is 33.2 Å². The molecule has 1 unspecified atom stereocenters. The van der Waals surface area contributed by atoms with Gasteiger partial charge < -0.3 is 16.4 Å². The van der Waals surface area contributed by atoms with Crippen molar-refractivity contribution in [1.29, 1.82) is 0 Å². The lowest BCUT2D eigenvalue weighted by Crippen LogP contribution is -2.32. The number of rotatable bonds is 4. The first-order chi connectivity index (χ1) is 8.43. The van der Waals surface area contributed by atoms with Crippen LogP contribution in [-0.4, -0.2) is 17.9 Å². The molecule has 0 aliphatic carbocycles. The van der Waals surface area contributed by atoms with Crippen LogP contribution in [0.3, 0.4) is 0 Å². The largest absolute Gasteiger partial charge is 0.326 e. The Balaban J connectivity index is 2.87. The van der Waals surface area contributed by atoms with Gasteiger partial charge in [-0.15, -0.1) is 0 Å². The minimum absolute atomic E-state index is 0.0664. The predicted molar refractivity (Wildman–Crippen MR) is 72.4 cm³/mol. The molecule has 0 bridgehead atoms. The normalized spacial score (nSPS) is 11.8. The fourth-order valence-corrected chi connectivity index (χ4v) is 1.33. The second-order valence-corrected chi connectivity index (χ2v) is 4.21. The van der Waals surface area contributed by atoms with Crippen LogP contribution in [0.5, 0.6) is 0 Å². The maximum Gasteiger partial charge on any atom is 0.241 e. The number of benzene rings is 1. The molecule has 0 heterocycles. The Kier molecular flexibility index (Phi) is 4.85. The highest BCUT2D eigenvalue weighted by Gasteiger charge is 2.10. The smallest absolute Gasteiger partial charge is 0.241 e. The van der Waals surface area contributed by atoms with E-state index in [1.165, 1.54) is 0 Å². The molecule has 1 rings (SSSR count). The Morgan fingerprint density at radius 2 is 2.00 bits per heavy atom. The molecule has 2 amide bonds. The first-order valence-corrected chi connectivity index (χ1v) is 5.91. The van der Waals surface area contributed by atoms with Gasteiger partial charge in [0.1, 0.15) is 0 Å². The summed E-state index contributed by atoms with van der Waals surface area (Å²) < 4.78 is 0. The van der Waals surface area contributed by atoms with Gasteiger partial charge in [0.05, 0.1) is 6.04 Å². The number of amides is 2. The fraction of sp³-hybridized carbons (Fsp3) is 0.385. The van der Waals surface area contributed by atoms with Gasteiger partial charge in [-0.3, -0.25) is 9.59 Å². The number of nitrogens with two attached hydrogens (primary N) is 1. The number of hydrogen-bond acceptors (Lipinski definition) is 3. The lowest BCUT2D eigenvalue weighted by molar-refractivity contribution is -0.117. The SMILES string of the molecule is CCC(=O)Nc1ccc(C)c(NC(=O)C(C)N)c1. The number of nitrogens with one attached hydrogen (secondary N) is 2. The van der Waals surface area contributed by atoms with Crippen molar-refractivity contribution in [1.82, 2.24) is 0 Å². The maximum atomic E-state index is 11.5. The molecule has 0 aliphatic heterocycles. The Morgan fingerprint density at radius 3 is 2.56 bits per heavy atom. The second kappa shape index (κ2) is 6.16. The van der Waals surface area contributed by atoms with Crippen LogP contribution in [0.25, 0.3) is 0 Å². The predicted octanol–water partition coefficient (Wildman–Crippen LogP) is 1.63. The molecule has 1 atom stereocenters. The van der Waals surface area contributed by atoms with E-state index in [2.05, 4.69) is 10.6 Å². The summed E-state index contributed by atoms with van der Waals surface area (Å²) in [7, 11) is 0. The zero-order valence-corrected chi connectivity index (χ0v) is 10.9. The van der Waals surface area contributed by atoms with Crippen molar-refractivity contribution in [2.24, 2.45) is 5.73 Å². The van der Waals surface area contributed by atoms with Gasteiger partial charge in [0.25, 0.3) is 0 Å². The van der Waals surface area contributed by atoms with E-state index >= 15 is 0 Å². The molecule has 4 N–H and O–H groups in total. The highest BCUT2D eigenvalue weighted by atomic mass is 16.2. The van der Waals surface area contributed by atoms with Crippen molar-refractivity contribution in [3.63, 3.8) is 0 Å². The van der Waals surface area contributed by atoms with Crippen LogP contribution in [0.2, 0.25) is 0 Å². The third kappa shape index (κ3) is 3.85. The highest BCUT2D eigenvalue weighted by molar-refractivity contribution is 5.96. The van der Waals surface area contributed by atoms with Crippen molar-refractivity contribution in [3.8, 4) is 0 Å². The quantitative estimate of drug-likeness (QED) is 0.758. The van der Waals surface area contributed by atoms with Crippen LogP contribution >= 0.6 is 0 Å². The van der Waals surface area contributed by atoms with Crippen molar-refractivity contribution < 1.29 is 9.59 Å². The number of aryl methyl sites for hydroxylation is 1. The Hall–Kier alpha value is -1.88. The number of carbonyl (C=O) groups excluding carboxylic acids is 2. The van der Waals surface area contributed by atoms with Gasteiger partial charge in [-0.1, -0.05) is 13.0 Å². The summed E-state index contributed by atoms with van der Waals surface area (Å²) in [5.74, 6) is -0.319. The molecule has 0 radical (unpaired) electrons. The minimum atomic E-state index is -0.571. The Bertz CT molecular complexity index is 456. The molecule has 98 valence electrons.